The highest BCUT2D eigenvalue weighted by molar-refractivity contribution is 5.86. The normalized spacial score (nSPS) is 40.0. The fraction of sp³-hybridized carbons (Fsp3) is 0.600. The number of nitrogens with one attached hydrogen (secondary N) is 1. The lowest BCUT2D eigenvalue weighted by atomic mass is 9.47. The Labute approximate surface area is 194 Å². The van der Waals surface area contributed by atoms with E-state index in [2.05, 4.69) is 18.2 Å². The zero-order valence-corrected chi connectivity index (χ0v) is 19.9. The van der Waals surface area contributed by atoms with Crippen molar-refractivity contribution in [3.8, 4) is 5.75 Å². The van der Waals surface area contributed by atoms with Gasteiger partial charge in [-0.3, -0.25) is 4.79 Å². The summed E-state index contributed by atoms with van der Waals surface area (Å²) in [5.41, 5.74) is -1.28. The van der Waals surface area contributed by atoms with Crippen LogP contribution in [-0.4, -0.2) is 75.2 Å². The summed E-state index contributed by atoms with van der Waals surface area (Å²) in [7, 11) is 4.79. The Morgan fingerprint density at radius 2 is 2.06 bits per heavy atom. The zero-order valence-electron chi connectivity index (χ0n) is 19.9. The molecule has 8 nitrogen and oxygen atoms in total. The molecule has 1 saturated carbocycles. The molecule has 0 aromatic heterocycles. The fourth-order valence-electron chi connectivity index (χ4n) is 7.90. The molecule has 1 saturated heterocycles. The Morgan fingerprint density at radius 1 is 1.30 bits per heavy atom. The lowest BCUT2D eigenvalue weighted by Crippen LogP contribution is -3.18. The molecule has 1 aliphatic carbocycles. The molecule has 3 aliphatic heterocycles. The van der Waals surface area contributed by atoms with E-state index >= 15 is 0 Å². The predicted octanol–water partition coefficient (Wildman–Crippen LogP) is 0.224. The number of nitrogens with zero attached hydrogens (tertiary/aromatic N) is 1. The van der Waals surface area contributed by atoms with Crippen LogP contribution < -0.4 is 14.5 Å². The summed E-state index contributed by atoms with van der Waals surface area (Å²) in [5, 5.41) is 12.5. The number of esters is 2. The van der Waals surface area contributed by atoms with E-state index in [0.717, 1.165) is 30.8 Å². The van der Waals surface area contributed by atoms with Gasteiger partial charge in [-0.2, -0.15) is 0 Å². The number of rotatable bonds is 4. The SMILES string of the molecule is CC[C@]12C=CC[NH+]3CC[C@@]4(c5ccc(OC)cc5N(C)[C@H]4[C@@](O)(C(=O)OC)[C@@H]1OC(C)=O)[C@@H]32. The van der Waals surface area contributed by atoms with Gasteiger partial charge in [0.15, 0.2) is 6.10 Å². The number of benzene rings is 1. The van der Waals surface area contributed by atoms with Gasteiger partial charge in [-0.15, -0.1) is 0 Å². The second-order valence-electron chi connectivity index (χ2n) is 9.91. The van der Waals surface area contributed by atoms with Crippen LogP contribution in [0.5, 0.6) is 5.75 Å². The van der Waals surface area contributed by atoms with Crippen LogP contribution in [0.25, 0.3) is 0 Å². The average Bonchev–Trinajstić information content (AvgIpc) is 3.32. The molecular weight excluding hydrogens is 424 g/mol. The van der Waals surface area contributed by atoms with Crippen LogP contribution >= 0.6 is 0 Å². The van der Waals surface area contributed by atoms with Gasteiger partial charge in [0.25, 0.3) is 0 Å². The monoisotopic (exact) mass is 457 g/mol. The molecule has 0 amide bonds. The first-order valence-corrected chi connectivity index (χ1v) is 11.6. The van der Waals surface area contributed by atoms with Crippen LogP contribution in [0.1, 0.15) is 32.3 Å². The maximum atomic E-state index is 13.5. The molecule has 1 aromatic carbocycles. The number of anilines is 1. The number of quaternary nitrogens is 1. The molecule has 33 heavy (non-hydrogen) atoms. The molecule has 0 radical (unpaired) electrons. The number of carbonyl (C=O) groups is 2. The largest absolute Gasteiger partial charge is 0.497 e. The van der Waals surface area contributed by atoms with Crippen molar-refractivity contribution >= 4 is 17.6 Å². The quantitative estimate of drug-likeness (QED) is 0.494. The van der Waals surface area contributed by atoms with Gasteiger partial charge in [0.1, 0.15) is 11.8 Å². The van der Waals surface area contributed by atoms with Gasteiger partial charge < -0.3 is 29.1 Å². The van der Waals surface area contributed by atoms with E-state index in [9.17, 15) is 14.7 Å². The van der Waals surface area contributed by atoms with Gasteiger partial charge in [-0.25, -0.2) is 4.79 Å². The summed E-state index contributed by atoms with van der Waals surface area (Å²) in [6, 6.07) is 5.36. The number of carbonyl (C=O) groups excluding carboxylic acids is 2. The van der Waals surface area contributed by atoms with Crippen molar-refractivity contribution in [2.45, 2.75) is 55.9 Å². The highest BCUT2D eigenvalue weighted by Gasteiger charge is 2.82. The second-order valence-corrected chi connectivity index (χ2v) is 9.91. The molecule has 1 aromatic rings. The van der Waals surface area contributed by atoms with E-state index in [0.29, 0.717) is 12.2 Å². The minimum Gasteiger partial charge on any atom is -0.497 e. The van der Waals surface area contributed by atoms with Gasteiger partial charge in [-0.05, 0) is 24.1 Å². The van der Waals surface area contributed by atoms with Gasteiger partial charge in [-0.1, -0.05) is 19.1 Å². The summed E-state index contributed by atoms with van der Waals surface area (Å²) < 4.78 is 16.6. The van der Waals surface area contributed by atoms with E-state index in [-0.39, 0.29) is 6.04 Å². The van der Waals surface area contributed by atoms with E-state index < -0.39 is 40.5 Å². The number of fused-ring (bicyclic) bond motifs is 1. The molecular formula is C25H33N2O6+. The van der Waals surface area contributed by atoms with Crippen molar-refractivity contribution in [1.29, 1.82) is 0 Å². The van der Waals surface area contributed by atoms with E-state index in [1.54, 1.807) is 7.11 Å². The molecule has 4 aliphatic rings. The van der Waals surface area contributed by atoms with Crippen LogP contribution in [0.15, 0.2) is 30.4 Å². The molecule has 0 bridgehead atoms. The van der Waals surface area contributed by atoms with Crippen molar-refractivity contribution < 1.29 is 33.8 Å². The molecule has 5 rings (SSSR count). The van der Waals surface area contributed by atoms with Crippen molar-refractivity contribution in [1.82, 2.24) is 0 Å². The summed E-state index contributed by atoms with van der Waals surface area (Å²) in [4.78, 5) is 29.2. The third kappa shape index (κ3) is 2.48. The van der Waals surface area contributed by atoms with Gasteiger partial charge in [0, 0.05) is 32.1 Å². The first-order chi connectivity index (χ1) is 15.7. The summed E-state index contributed by atoms with van der Waals surface area (Å²) >= 11 is 0. The van der Waals surface area contributed by atoms with Crippen molar-refractivity contribution in [3.63, 3.8) is 0 Å². The number of hydrogen-bond donors (Lipinski definition) is 2. The van der Waals surface area contributed by atoms with Gasteiger partial charge in [0.2, 0.25) is 5.60 Å². The van der Waals surface area contributed by atoms with Crippen LogP contribution in [0.2, 0.25) is 0 Å². The first kappa shape index (κ1) is 22.2. The predicted molar refractivity (Wildman–Crippen MR) is 120 cm³/mol. The Morgan fingerprint density at radius 3 is 2.70 bits per heavy atom. The van der Waals surface area contributed by atoms with Crippen molar-refractivity contribution in [2.75, 3.05) is 39.3 Å². The highest BCUT2D eigenvalue weighted by Crippen LogP contribution is 2.64. The Kier molecular flexibility index (Phi) is 4.85. The van der Waals surface area contributed by atoms with Gasteiger partial charge >= 0.3 is 11.9 Å². The van der Waals surface area contributed by atoms with E-state index in [1.807, 2.05) is 31.0 Å². The fourth-order valence-corrected chi connectivity index (χ4v) is 7.90. The molecule has 8 heteroatoms. The number of hydrogen-bond acceptors (Lipinski definition) is 7. The smallest absolute Gasteiger partial charge is 0.344 e. The number of methoxy groups -OCH3 is 2. The lowest BCUT2D eigenvalue weighted by molar-refractivity contribution is -0.920. The average molecular weight is 458 g/mol. The third-order valence-electron chi connectivity index (χ3n) is 8.80. The molecule has 3 heterocycles. The zero-order chi connectivity index (χ0) is 23.8. The molecule has 1 unspecified atom stereocenters. The molecule has 178 valence electrons. The number of likely N-dealkylation sites (N-methyl/N-ethyl adjacent to an activating group) is 1. The van der Waals surface area contributed by atoms with Crippen LogP contribution in [0.3, 0.4) is 0 Å². The van der Waals surface area contributed by atoms with Gasteiger partial charge in [0.05, 0.1) is 44.2 Å². The van der Waals surface area contributed by atoms with E-state index in [1.165, 1.54) is 18.9 Å². The minimum atomic E-state index is -2.06. The first-order valence-electron chi connectivity index (χ1n) is 11.6. The van der Waals surface area contributed by atoms with Crippen molar-refractivity contribution in [3.05, 3.63) is 35.9 Å². The van der Waals surface area contributed by atoms with Crippen molar-refractivity contribution in [2.24, 2.45) is 5.41 Å². The maximum Gasteiger partial charge on any atom is 0.344 e. The minimum absolute atomic E-state index is 0.0244. The molecule has 1 spiro atoms. The topological polar surface area (TPSA) is 89.7 Å². The Bertz CT molecular complexity index is 1040. The Hall–Kier alpha value is -2.58. The second kappa shape index (κ2) is 7.21. The number of aliphatic hydroxyl groups is 1. The van der Waals surface area contributed by atoms with Crippen LogP contribution in [0.4, 0.5) is 5.69 Å². The Balaban J connectivity index is 1.86. The summed E-state index contributed by atoms with van der Waals surface area (Å²) in [6.45, 7) is 5.13. The summed E-state index contributed by atoms with van der Waals surface area (Å²) in [6.07, 6.45) is 4.53. The highest BCUT2D eigenvalue weighted by atomic mass is 16.6. The molecule has 2 N–H and O–H groups in total. The number of ether oxygens (including phenoxy) is 3. The lowest BCUT2D eigenvalue weighted by Gasteiger charge is -2.61. The molecule has 7 atom stereocenters. The standard InChI is InChI=1S/C25H32N2O6/c1-6-23-10-7-12-27-13-11-24(19(23)27)17-9-8-16(31-4)14-18(17)26(3)20(24)25(30,22(29)32-5)21(23)33-15(2)28/h7-10,14,19-21,30H,6,11-13H2,1-5H3/p+1/t19-,20+,21+,23+,24+,25-/m0/s1. The molecule has 2 fully saturated rings. The third-order valence-corrected chi connectivity index (χ3v) is 8.80. The maximum absolute atomic E-state index is 13.5. The van der Waals surface area contributed by atoms with Crippen LogP contribution in [-0.2, 0) is 24.5 Å². The van der Waals surface area contributed by atoms with Crippen LogP contribution in [0, 0.1) is 5.41 Å². The van der Waals surface area contributed by atoms with E-state index in [4.69, 9.17) is 14.2 Å². The summed E-state index contributed by atoms with van der Waals surface area (Å²) in [5.74, 6) is -0.592.